The summed E-state index contributed by atoms with van der Waals surface area (Å²) in [5, 5.41) is 3.60. The maximum Gasteiger partial charge on any atom is 0.344 e. The Bertz CT molecular complexity index is 1880. The molecular weight excluding hydrogens is 456 g/mol. The van der Waals surface area contributed by atoms with Crippen molar-refractivity contribution in [2.45, 2.75) is 6.61 Å². The zero-order valence-electron chi connectivity index (χ0n) is 19.3. The van der Waals surface area contributed by atoms with E-state index < -0.39 is 11.3 Å². The number of hydrogen-bond donors (Lipinski definition) is 0. The molecular formula is C30H20O6. The molecule has 176 valence electrons. The number of rotatable bonds is 5. The summed E-state index contributed by atoms with van der Waals surface area (Å²) in [5.41, 5.74) is 1.24. The summed E-state index contributed by atoms with van der Waals surface area (Å²) in [5.74, 6) is 0.993. The van der Waals surface area contributed by atoms with E-state index in [1.807, 2.05) is 30.3 Å². The monoisotopic (exact) mass is 476 g/mol. The van der Waals surface area contributed by atoms with Crippen LogP contribution in [0.15, 0.2) is 109 Å². The molecule has 6 aromatic rings. The molecule has 0 aliphatic heterocycles. The van der Waals surface area contributed by atoms with Gasteiger partial charge in [0.25, 0.3) is 0 Å². The second kappa shape index (κ2) is 8.74. The second-order valence-corrected chi connectivity index (χ2v) is 8.43. The average Bonchev–Trinajstić information content (AvgIpc) is 2.90. The predicted molar refractivity (Wildman–Crippen MR) is 139 cm³/mol. The first-order valence-electron chi connectivity index (χ1n) is 11.4. The van der Waals surface area contributed by atoms with Crippen LogP contribution in [0, 0.1) is 0 Å². The second-order valence-electron chi connectivity index (χ2n) is 8.43. The fraction of sp³-hybridized carbons (Fsp3) is 0.0667. The van der Waals surface area contributed by atoms with E-state index in [0.717, 1.165) is 10.9 Å². The maximum atomic E-state index is 13.0. The van der Waals surface area contributed by atoms with Gasteiger partial charge in [-0.1, -0.05) is 48.5 Å². The third-order valence-corrected chi connectivity index (χ3v) is 6.17. The topological polar surface area (TPSA) is 78.9 Å². The molecule has 6 heteroatoms. The van der Waals surface area contributed by atoms with Gasteiger partial charge in [0, 0.05) is 28.5 Å². The van der Waals surface area contributed by atoms with Gasteiger partial charge in [0.2, 0.25) is 0 Å². The highest BCUT2D eigenvalue weighted by molar-refractivity contribution is 5.97. The van der Waals surface area contributed by atoms with Gasteiger partial charge in [0.05, 0.1) is 12.7 Å². The van der Waals surface area contributed by atoms with E-state index >= 15 is 0 Å². The van der Waals surface area contributed by atoms with Gasteiger partial charge in [-0.05, 0) is 46.7 Å². The lowest BCUT2D eigenvalue weighted by Crippen LogP contribution is -2.07. The molecule has 0 radical (unpaired) electrons. The first kappa shape index (κ1) is 21.7. The minimum atomic E-state index is -0.584. The van der Waals surface area contributed by atoms with Crippen molar-refractivity contribution in [3.63, 3.8) is 0 Å². The average molecular weight is 476 g/mol. The van der Waals surface area contributed by atoms with E-state index in [1.54, 1.807) is 30.3 Å². The SMILES string of the molecule is COc1cccc2c(-c3cc4ccc(OCc5ccc6ccccc6c5)cc4oc3=O)cc(=O)oc12. The van der Waals surface area contributed by atoms with Gasteiger partial charge in [-0.3, -0.25) is 0 Å². The van der Waals surface area contributed by atoms with E-state index in [4.69, 9.17) is 18.3 Å². The first-order chi connectivity index (χ1) is 17.6. The Balaban J connectivity index is 1.35. The molecule has 0 aliphatic rings. The van der Waals surface area contributed by atoms with Crippen LogP contribution in [0.2, 0.25) is 0 Å². The van der Waals surface area contributed by atoms with E-state index in [-0.39, 0.29) is 11.1 Å². The molecule has 0 saturated carbocycles. The number of methoxy groups -OCH3 is 1. The fourth-order valence-electron chi connectivity index (χ4n) is 4.41. The Labute approximate surface area is 204 Å². The third-order valence-electron chi connectivity index (χ3n) is 6.17. The zero-order chi connectivity index (χ0) is 24.6. The summed E-state index contributed by atoms with van der Waals surface area (Å²) < 4.78 is 22.3. The molecule has 0 atom stereocenters. The normalized spacial score (nSPS) is 11.2. The lowest BCUT2D eigenvalue weighted by Gasteiger charge is -2.10. The molecule has 2 heterocycles. The molecule has 36 heavy (non-hydrogen) atoms. The molecule has 2 aromatic heterocycles. The van der Waals surface area contributed by atoms with Crippen molar-refractivity contribution >= 4 is 32.7 Å². The lowest BCUT2D eigenvalue weighted by atomic mass is 10.0. The van der Waals surface area contributed by atoms with Crippen molar-refractivity contribution in [3.8, 4) is 22.6 Å². The Morgan fingerprint density at radius 3 is 2.42 bits per heavy atom. The van der Waals surface area contributed by atoms with Gasteiger partial charge in [-0.25, -0.2) is 9.59 Å². The summed E-state index contributed by atoms with van der Waals surface area (Å²) in [6.07, 6.45) is 0. The molecule has 0 fully saturated rings. The van der Waals surface area contributed by atoms with Gasteiger partial charge < -0.3 is 18.3 Å². The summed E-state index contributed by atoms with van der Waals surface area (Å²) in [6.45, 7) is 0.381. The van der Waals surface area contributed by atoms with Crippen LogP contribution in [0.1, 0.15) is 5.56 Å². The number of fused-ring (bicyclic) bond motifs is 3. The minimum absolute atomic E-state index is 0.262. The van der Waals surface area contributed by atoms with Crippen LogP contribution in [-0.4, -0.2) is 7.11 Å². The summed E-state index contributed by atoms with van der Waals surface area (Å²) in [7, 11) is 1.49. The molecule has 0 amide bonds. The number of benzene rings is 4. The van der Waals surface area contributed by atoms with E-state index in [1.165, 1.54) is 18.6 Å². The molecule has 4 aromatic carbocycles. The van der Waals surface area contributed by atoms with Crippen molar-refractivity contribution < 1.29 is 18.3 Å². The van der Waals surface area contributed by atoms with Gasteiger partial charge in [-0.15, -0.1) is 0 Å². The van der Waals surface area contributed by atoms with E-state index in [0.29, 0.717) is 40.0 Å². The summed E-state index contributed by atoms with van der Waals surface area (Å²) in [4.78, 5) is 25.2. The van der Waals surface area contributed by atoms with Crippen molar-refractivity contribution in [3.05, 3.63) is 117 Å². The molecule has 0 saturated heterocycles. The van der Waals surface area contributed by atoms with E-state index in [2.05, 4.69) is 24.3 Å². The number of para-hydroxylation sites is 1. The molecule has 0 aliphatic carbocycles. The van der Waals surface area contributed by atoms with Crippen LogP contribution in [0.3, 0.4) is 0 Å². The Hall–Kier alpha value is -4.84. The van der Waals surface area contributed by atoms with Crippen LogP contribution in [0.5, 0.6) is 11.5 Å². The summed E-state index contributed by atoms with van der Waals surface area (Å²) >= 11 is 0. The summed E-state index contributed by atoms with van der Waals surface area (Å²) in [6, 6.07) is 27.9. The van der Waals surface area contributed by atoms with Gasteiger partial charge in [0.15, 0.2) is 11.3 Å². The lowest BCUT2D eigenvalue weighted by molar-refractivity contribution is 0.306. The molecule has 6 rings (SSSR count). The zero-order valence-corrected chi connectivity index (χ0v) is 19.3. The van der Waals surface area contributed by atoms with Crippen LogP contribution >= 0.6 is 0 Å². The first-order valence-corrected chi connectivity index (χ1v) is 11.4. The van der Waals surface area contributed by atoms with E-state index in [9.17, 15) is 9.59 Å². The Morgan fingerprint density at radius 2 is 1.56 bits per heavy atom. The van der Waals surface area contributed by atoms with Crippen LogP contribution in [-0.2, 0) is 6.61 Å². The van der Waals surface area contributed by atoms with Crippen molar-refractivity contribution in [2.24, 2.45) is 0 Å². The van der Waals surface area contributed by atoms with Crippen LogP contribution < -0.4 is 20.7 Å². The quantitative estimate of drug-likeness (QED) is 0.272. The van der Waals surface area contributed by atoms with Gasteiger partial charge in [-0.2, -0.15) is 0 Å². The molecule has 6 nitrogen and oxygen atoms in total. The van der Waals surface area contributed by atoms with Crippen LogP contribution in [0.25, 0.3) is 43.8 Å². The maximum absolute atomic E-state index is 13.0. The van der Waals surface area contributed by atoms with Crippen molar-refractivity contribution in [1.82, 2.24) is 0 Å². The minimum Gasteiger partial charge on any atom is -0.493 e. The number of ether oxygens (including phenoxy) is 2. The smallest absolute Gasteiger partial charge is 0.344 e. The highest BCUT2D eigenvalue weighted by atomic mass is 16.5. The van der Waals surface area contributed by atoms with Crippen molar-refractivity contribution in [2.75, 3.05) is 7.11 Å². The molecule has 0 bridgehead atoms. The third kappa shape index (κ3) is 3.88. The predicted octanol–water partition coefficient (Wildman–Crippen LogP) is 6.31. The fourth-order valence-corrected chi connectivity index (χ4v) is 4.41. The number of hydrogen-bond acceptors (Lipinski definition) is 6. The molecule has 0 N–H and O–H groups in total. The van der Waals surface area contributed by atoms with Crippen molar-refractivity contribution in [1.29, 1.82) is 0 Å². The Kier molecular flexibility index (Phi) is 5.26. The van der Waals surface area contributed by atoms with Crippen LogP contribution in [0.4, 0.5) is 0 Å². The Morgan fingerprint density at radius 1 is 0.722 bits per heavy atom. The highest BCUT2D eigenvalue weighted by Gasteiger charge is 2.16. The highest BCUT2D eigenvalue weighted by Crippen LogP contribution is 2.32. The standard InChI is InChI=1S/C30H20O6/c1-33-26-8-4-7-23-24(16-28(31)36-29(23)26)25-14-21-11-12-22(15-27(21)35-30(25)32)34-17-18-9-10-19-5-2-3-6-20(19)13-18/h2-16H,17H2,1H3. The van der Waals surface area contributed by atoms with Gasteiger partial charge in [0.1, 0.15) is 17.9 Å². The molecule has 0 unspecified atom stereocenters. The largest absolute Gasteiger partial charge is 0.493 e. The molecule has 0 spiro atoms. The van der Waals surface area contributed by atoms with Gasteiger partial charge >= 0.3 is 11.3 Å².